The quantitative estimate of drug-likeness (QED) is 0.655. The largest absolute Gasteiger partial charge is 0.366 e. The molecule has 2 aromatic heterocycles. The molecule has 3 aromatic rings. The summed E-state index contributed by atoms with van der Waals surface area (Å²) >= 11 is 12.0. The number of fused-ring (bicyclic) bond motifs is 1. The Morgan fingerprint density at radius 1 is 1.26 bits per heavy atom. The molecule has 0 aliphatic carbocycles. The molecular formula is C14H11Cl2N3O3S. The van der Waals surface area contributed by atoms with Gasteiger partial charge in [0.25, 0.3) is 0 Å². The Morgan fingerprint density at radius 2 is 2.00 bits per heavy atom. The Morgan fingerprint density at radius 3 is 2.74 bits per heavy atom. The lowest BCUT2D eigenvalue weighted by molar-refractivity contribution is 0.333. The van der Waals surface area contributed by atoms with Crippen molar-refractivity contribution in [2.24, 2.45) is 0 Å². The second-order valence-corrected chi connectivity index (χ2v) is 6.79. The zero-order chi connectivity index (χ0) is 16.6. The van der Waals surface area contributed by atoms with Gasteiger partial charge in [0.1, 0.15) is 0 Å². The third-order valence-corrected chi connectivity index (χ3v) is 4.93. The standard InChI is InChI=1S/C14H11Cl2N3O3S/c1-2-22-23(20,21)19-8-10(9-5-3-4-6-12(9)19)13-11(15)7-17-14(16)18-13/h3-8H,2H2,1H3. The zero-order valence-corrected chi connectivity index (χ0v) is 14.2. The maximum absolute atomic E-state index is 12.3. The van der Waals surface area contributed by atoms with Crippen molar-refractivity contribution in [3.63, 3.8) is 0 Å². The van der Waals surface area contributed by atoms with E-state index in [4.69, 9.17) is 27.4 Å². The molecule has 0 aliphatic rings. The first-order chi connectivity index (χ1) is 10.9. The summed E-state index contributed by atoms with van der Waals surface area (Å²) in [6, 6.07) is 6.97. The summed E-state index contributed by atoms with van der Waals surface area (Å²) in [6.07, 6.45) is 2.79. The smallest absolute Gasteiger partial charge is 0.254 e. The van der Waals surface area contributed by atoms with Crippen LogP contribution in [0.15, 0.2) is 36.7 Å². The van der Waals surface area contributed by atoms with Crippen molar-refractivity contribution >= 4 is 44.4 Å². The molecule has 0 aliphatic heterocycles. The lowest BCUT2D eigenvalue weighted by Gasteiger charge is -2.05. The molecule has 1 aromatic carbocycles. The van der Waals surface area contributed by atoms with Gasteiger partial charge in [0.2, 0.25) is 5.28 Å². The van der Waals surface area contributed by atoms with Crippen LogP contribution >= 0.6 is 23.2 Å². The van der Waals surface area contributed by atoms with Crippen LogP contribution in [-0.2, 0) is 14.5 Å². The van der Waals surface area contributed by atoms with Crippen molar-refractivity contribution in [3.8, 4) is 11.3 Å². The molecule has 0 saturated heterocycles. The average molecular weight is 372 g/mol. The number of aromatic nitrogens is 3. The number of rotatable bonds is 4. The van der Waals surface area contributed by atoms with E-state index < -0.39 is 10.3 Å². The highest BCUT2D eigenvalue weighted by Crippen LogP contribution is 2.34. The van der Waals surface area contributed by atoms with Crippen LogP contribution in [0.25, 0.3) is 22.2 Å². The highest BCUT2D eigenvalue weighted by Gasteiger charge is 2.21. The van der Waals surface area contributed by atoms with Crippen LogP contribution in [0.1, 0.15) is 6.92 Å². The first-order valence-corrected chi connectivity index (χ1v) is 8.74. The van der Waals surface area contributed by atoms with Crippen molar-refractivity contribution in [1.82, 2.24) is 13.9 Å². The Labute approximate surface area is 142 Å². The molecule has 0 bridgehead atoms. The summed E-state index contributed by atoms with van der Waals surface area (Å²) < 4.78 is 30.5. The van der Waals surface area contributed by atoms with Crippen LogP contribution in [0, 0.1) is 0 Å². The maximum atomic E-state index is 12.3. The molecule has 6 nitrogen and oxygen atoms in total. The fourth-order valence-electron chi connectivity index (χ4n) is 2.26. The monoisotopic (exact) mass is 371 g/mol. The van der Waals surface area contributed by atoms with E-state index in [0.717, 1.165) is 3.97 Å². The summed E-state index contributed by atoms with van der Waals surface area (Å²) in [5.41, 5.74) is 1.34. The lowest BCUT2D eigenvalue weighted by atomic mass is 10.1. The average Bonchev–Trinajstić information content (AvgIpc) is 2.90. The zero-order valence-electron chi connectivity index (χ0n) is 11.9. The predicted molar refractivity (Wildman–Crippen MR) is 88.9 cm³/mol. The van der Waals surface area contributed by atoms with E-state index in [0.29, 0.717) is 22.2 Å². The van der Waals surface area contributed by atoms with E-state index in [-0.39, 0.29) is 16.9 Å². The van der Waals surface area contributed by atoms with Gasteiger partial charge in [-0.2, -0.15) is 8.42 Å². The van der Waals surface area contributed by atoms with Gasteiger partial charge in [-0.1, -0.05) is 29.8 Å². The number of para-hydroxylation sites is 1. The molecule has 0 amide bonds. The maximum Gasteiger partial charge on any atom is 0.366 e. The number of hydrogen-bond donors (Lipinski definition) is 0. The fourth-order valence-corrected chi connectivity index (χ4v) is 3.64. The molecule has 120 valence electrons. The molecule has 0 radical (unpaired) electrons. The van der Waals surface area contributed by atoms with Gasteiger partial charge in [-0.15, -0.1) is 0 Å². The van der Waals surface area contributed by atoms with Gasteiger partial charge in [-0.3, -0.25) is 4.18 Å². The molecule has 2 heterocycles. The van der Waals surface area contributed by atoms with Crippen LogP contribution in [0.5, 0.6) is 0 Å². The van der Waals surface area contributed by atoms with Gasteiger partial charge in [0.15, 0.2) is 0 Å². The topological polar surface area (TPSA) is 74.1 Å². The second kappa shape index (κ2) is 6.09. The number of nitrogens with zero attached hydrogens (tertiary/aromatic N) is 3. The van der Waals surface area contributed by atoms with Gasteiger partial charge < -0.3 is 0 Å². The van der Waals surface area contributed by atoms with Gasteiger partial charge in [0.05, 0.1) is 29.0 Å². The number of hydrogen-bond acceptors (Lipinski definition) is 5. The minimum atomic E-state index is -3.95. The van der Waals surface area contributed by atoms with Gasteiger partial charge in [0, 0.05) is 17.1 Å². The Balaban J connectivity index is 2.34. The summed E-state index contributed by atoms with van der Waals surface area (Å²) in [7, 11) is -3.95. The Bertz CT molecular complexity index is 986. The summed E-state index contributed by atoms with van der Waals surface area (Å²) in [5, 5.41) is 0.951. The minimum Gasteiger partial charge on any atom is -0.254 e. The number of halogens is 2. The van der Waals surface area contributed by atoms with E-state index in [1.165, 1.54) is 12.4 Å². The van der Waals surface area contributed by atoms with Crippen molar-refractivity contribution in [2.75, 3.05) is 6.61 Å². The van der Waals surface area contributed by atoms with Gasteiger partial charge >= 0.3 is 10.3 Å². The van der Waals surface area contributed by atoms with Crippen molar-refractivity contribution in [2.45, 2.75) is 6.92 Å². The van der Waals surface area contributed by atoms with Crippen LogP contribution in [0.2, 0.25) is 10.3 Å². The first kappa shape index (κ1) is 16.2. The van der Waals surface area contributed by atoms with E-state index in [1.807, 2.05) is 0 Å². The van der Waals surface area contributed by atoms with E-state index in [2.05, 4.69) is 9.97 Å². The van der Waals surface area contributed by atoms with E-state index in [9.17, 15) is 8.42 Å². The Kier molecular flexibility index (Phi) is 4.29. The van der Waals surface area contributed by atoms with E-state index in [1.54, 1.807) is 31.2 Å². The highest BCUT2D eigenvalue weighted by molar-refractivity contribution is 7.85. The minimum absolute atomic E-state index is 0.0221. The van der Waals surface area contributed by atoms with Crippen molar-refractivity contribution in [3.05, 3.63) is 47.0 Å². The summed E-state index contributed by atoms with van der Waals surface area (Å²) in [5.74, 6) is 0. The van der Waals surface area contributed by atoms with Crippen LogP contribution in [0.3, 0.4) is 0 Å². The molecule has 9 heteroatoms. The molecule has 0 spiro atoms. The molecule has 23 heavy (non-hydrogen) atoms. The molecule has 0 fully saturated rings. The Hall–Kier alpha value is -1.67. The van der Waals surface area contributed by atoms with Gasteiger partial charge in [-0.25, -0.2) is 13.9 Å². The van der Waals surface area contributed by atoms with Crippen molar-refractivity contribution < 1.29 is 12.6 Å². The van der Waals surface area contributed by atoms with Crippen LogP contribution < -0.4 is 0 Å². The molecule has 0 N–H and O–H groups in total. The summed E-state index contributed by atoms with van der Waals surface area (Å²) in [6.45, 7) is 1.63. The second-order valence-electron chi connectivity index (χ2n) is 4.56. The first-order valence-electron chi connectivity index (χ1n) is 6.62. The van der Waals surface area contributed by atoms with Gasteiger partial charge in [-0.05, 0) is 24.6 Å². The van der Waals surface area contributed by atoms with Crippen molar-refractivity contribution in [1.29, 1.82) is 0 Å². The third-order valence-electron chi connectivity index (χ3n) is 3.16. The van der Waals surface area contributed by atoms with Crippen LogP contribution in [-0.4, -0.2) is 29.0 Å². The molecule has 0 atom stereocenters. The van der Waals surface area contributed by atoms with Crippen LogP contribution in [0.4, 0.5) is 0 Å². The fraction of sp³-hybridized carbons (Fsp3) is 0.143. The SMILES string of the molecule is CCOS(=O)(=O)n1cc(-c2nc(Cl)ncc2Cl)c2ccccc21. The molecule has 3 rings (SSSR count). The third kappa shape index (κ3) is 2.92. The summed E-state index contributed by atoms with van der Waals surface area (Å²) in [4.78, 5) is 7.91. The molecular weight excluding hydrogens is 361 g/mol. The molecule has 0 saturated carbocycles. The molecule has 0 unspecified atom stereocenters. The lowest BCUT2D eigenvalue weighted by Crippen LogP contribution is -2.14. The van der Waals surface area contributed by atoms with E-state index >= 15 is 0 Å². The predicted octanol–water partition coefficient (Wildman–Crippen LogP) is 3.53. The number of benzene rings is 1. The normalized spacial score (nSPS) is 12.0. The highest BCUT2D eigenvalue weighted by atomic mass is 35.5.